The first-order valence-corrected chi connectivity index (χ1v) is 12.9. The number of amides is 2. The molecule has 0 unspecified atom stereocenters. The van der Waals surface area contributed by atoms with Crippen molar-refractivity contribution in [3.8, 4) is 5.75 Å². The summed E-state index contributed by atoms with van der Waals surface area (Å²) in [6.45, 7) is 3.07. The molecular weight excluding hydrogens is 478 g/mol. The van der Waals surface area contributed by atoms with Crippen LogP contribution in [-0.2, 0) is 26.2 Å². The zero-order chi connectivity index (χ0) is 26.3. The van der Waals surface area contributed by atoms with Crippen LogP contribution in [0.4, 0.5) is 5.69 Å². The molecule has 9 heteroatoms. The van der Waals surface area contributed by atoms with E-state index in [9.17, 15) is 18.0 Å². The van der Waals surface area contributed by atoms with Gasteiger partial charge < -0.3 is 15.0 Å². The molecule has 0 saturated heterocycles. The molecule has 0 saturated carbocycles. The van der Waals surface area contributed by atoms with Gasteiger partial charge in [-0.05, 0) is 61.4 Å². The number of anilines is 1. The minimum absolute atomic E-state index is 0.0676. The zero-order valence-electron chi connectivity index (χ0n) is 20.8. The topological polar surface area (TPSA) is 96.0 Å². The maximum absolute atomic E-state index is 13.7. The van der Waals surface area contributed by atoms with E-state index in [1.807, 2.05) is 19.1 Å². The fourth-order valence-electron chi connectivity index (χ4n) is 3.79. The minimum atomic E-state index is -4.07. The van der Waals surface area contributed by atoms with E-state index in [0.29, 0.717) is 11.4 Å². The number of aryl methyl sites for hydroxylation is 1. The summed E-state index contributed by atoms with van der Waals surface area (Å²) in [5.41, 5.74) is 1.95. The van der Waals surface area contributed by atoms with E-state index >= 15 is 0 Å². The summed E-state index contributed by atoms with van der Waals surface area (Å²) < 4.78 is 33.7. The van der Waals surface area contributed by atoms with Crippen molar-refractivity contribution in [2.24, 2.45) is 0 Å². The molecule has 0 aliphatic carbocycles. The second-order valence-corrected chi connectivity index (χ2v) is 10.2. The second kappa shape index (κ2) is 11.7. The number of carbonyl (C=O) groups is 2. The van der Waals surface area contributed by atoms with Crippen molar-refractivity contribution >= 4 is 27.5 Å². The molecule has 190 valence electrons. The Morgan fingerprint density at radius 1 is 0.972 bits per heavy atom. The van der Waals surface area contributed by atoms with E-state index in [-0.39, 0.29) is 17.3 Å². The van der Waals surface area contributed by atoms with Gasteiger partial charge in [0.2, 0.25) is 11.8 Å². The average Bonchev–Trinajstić information content (AvgIpc) is 2.89. The number of hydrogen-bond donors (Lipinski definition) is 1. The largest absolute Gasteiger partial charge is 0.497 e. The first kappa shape index (κ1) is 26.7. The molecule has 1 atom stereocenters. The monoisotopic (exact) mass is 509 g/mol. The van der Waals surface area contributed by atoms with Gasteiger partial charge in [-0.15, -0.1) is 0 Å². The number of hydrogen-bond acceptors (Lipinski definition) is 5. The van der Waals surface area contributed by atoms with Crippen LogP contribution in [0, 0.1) is 6.92 Å². The molecule has 8 nitrogen and oxygen atoms in total. The molecule has 1 N–H and O–H groups in total. The van der Waals surface area contributed by atoms with Gasteiger partial charge in [0, 0.05) is 13.6 Å². The highest BCUT2D eigenvalue weighted by atomic mass is 32.2. The van der Waals surface area contributed by atoms with Crippen molar-refractivity contribution in [3.05, 3.63) is 90.0 Å². The van der Waals surface area contributed by atoms with Gasteiger partial charge in [-0.2, -0.15) is 0 Å². The normalized spacial score (nSPS) is 11.9. The maximum Gasteiger partial charge on any atom is 0.264 e. The summed E-state index contributed by atoms with van der Waals surface area (Å²) in [7, 11) is -1.03. The molecule has 0 aliphatic rings. The summed E-state index contributed by atoms with van der Waals surface area (Å²) in [5.74, 6) is -0.269. The Kier molecular flexibility index (Phi) is 8.71. The van der Waals surface area contributed by atoms with Crippen molar-refractivity contribution in [2.75, 3.05) is 25.0 Å². The van der Waals surface area contributed by atoms with Crippen LogP contribution >= 0.6 is 0 Å². The smallest absolute Gasteiger partial charge is 0.264 e. The summed E-state index contributed by atoms with van der Waals surface area (Å²) in [5, 5.41) is 2.57. The van der Waals surface area contributed by atoms with E-state index in [1.165, 1.54) is 24.1 Å². The summed E-state index contributed by atoms with van der Waals surface area (Å²) in [4.78, 5) is 27.7. The number of ether oxygens (including phenoxy) is 1. The summed E-state index contributed by atoms with van der Waals surface area (Å²) >= 11 is 0. The molecule has 0 spiro atoms. The quantitative estimate of drug-likeness (QED) is 0.452. The second-order valence-electron chi connectivity index (χ2n) is 8.33. The Hall–Kier alpha value is -3.85. The lowest BCUT2D eigenvalue weighted by molar-refractivity contribution is -0.139. The van der Waals surface area contributed by atoms with Crippen LogP contribution < -0.4 is 14.4 Å². The van der Waals surface area contributed by atoms with Crippen LogP contribution in [-0.4, -0.2) is 51.9 Å². The van der Waals surface area contributed by atoms with Gasteiger partial charge in [0.15, 0.2) is 0 Å². The highest BCUT2D eigenvalue weighted by molar-refractivity contribution is 7.92. The van der Waals surface area contributed by atoms with Gasteiger partial charge in [-0.3, -0.25) is 13.9 Å². The lowest BCUT2D eigenvalue weighted by atomic mass is 10.1. The van der Waals surface area contributed by atoms with Crippen molar-refractivity contribution < 1.29 is 22.7 Å². The van der Waals surface area contributed by atoms with Crippen LogP contribution in [0.5, 0.6) is 5.75 Å². The lowest BCUT2D eigenvalue weighted by Crippen LogP contribution is -2.50. The van der Waals surface area contributed by atoms with Crippen LogP contribution in [0.2, 0.25) is 0 Å². The first-order valence-electron chi connectivity index (χ1n) is 11.5. The molecule has 0 fully saturated rings. The Morgan fingerprint density at radius 2 is 1.67 bits per heavy atom. The highest BCUT2D eigenvalue weighted by Crippen LogP contribution is 2.25. The minimum Gasteiger partial charge on any atom is -0.497 e. The number of nitrogens with one attached hydrogen (secondary N) is 1. The molecule has 0 bridgehead atoms. The third-order valence-corrected chi connectivity index (χ3v) is 7.59. The Balaban J connectivity index is 2.02. The predicted molar refractivity (Wildman–Crippen MR) is 139 cm³/mol. The molecular formula is C27H31N3O5S. The molecule has 3 rings (SSSR count). The SMILES string of the molecule is CNC(=O)[C@@H](C)N(Cc1cccc(OC)c1)C(=O)CN(c1cccc(C)c1)S(=O)(=O)c1ccccc1. The van der Waals surface area contributed by atoms with Gasteiger partial charge in [0.05, 0.1) is 17.7 Å². The number of nitrogens with zero attached hydrogens (tertiary/aromatic N) is 2. The third kappa shape index (κ3) is 6.23. The number of methoxy groups -OCH3 is 1. The predicted octanol–water partition coefficient (Wildman–Crippen LogP) is 3.36. The fourth-order valence-corrected chi connectivity index (χ4v) is 5.22. The first-order chi connectivity index (χ1) is 17.2. The van der Waals surface area contributed by atoms with Crippen LogP contribution in [0.3, 0.4) is 0 Å². The van der Waals surface area contributed by atoms with Crippen molar-refractivity contribution in [1.82, 2.24) is 10.2 Å². The van der Waals surface area contributed by atoms with Gasteiger partial charge >= 0.3 is 0 Å². The van der Waals surface area contributed by atoms with E-state index in [0.717, 1.165) is 15.4 Å². The Morgan fingerprint density at radius 3 is 2.31 bits per heavy atom. The maximum atomic E-state index is 13.7. The molecule has 0 aromatic heterocycles. The summed E-state index contributed by atoms with van der Waals surface area (Å²) in [6.07, 6.45) is 0. The van der Waals surface area contributed by atoms with Crippen molar-refractivity contribution in [3.63, 3.8) is 0 Å². The number of likely N-dealkylation sites (N-methyl/N-ethyl adjacent to an activating group) is 1. The van der Waals surface area contributed by atoms with Crippen LogP contribution in [0.25, 0.3) is 0 Å². The third-order valence-electron chi connectivity index (χ3n) is 5.80. The lowest BCUT2D eigenvalue weighted by Gasteiger charge is -2.32. The number of sulfonamides is 1. The van der Waals surface area contributed by atoms with Gasteiger partial charge in [0.1, 0.15) is 18.3 Å². The van der Waals surface area contributed by atoms with Crippen molar-refractivity contribution in [2.45, 2.75) is 31.3 Å². The number of rotatable bonds is 10. The Bertz CT molecular complexity index is 1310. The zero-order valence-corrected chi connectivity index (χ0v) is 21.7. The molecule has 0 radical (unpaired) electrons. The molecule has 36 heavy (non-hydrogen) atoms. The average molecular weight is 510 g/mol. The standard InChI is InChI=1S/C27H31N3O5S/c1-20-10-8-12-23(16-20)30(36(33,34)25-14-6-5-7-15-25)19-26(31)29(21(2)27(32)28-3)18-22-11-9-13-24(17-22)35-4/h5-17,21H,18-19H2,1-4H3,(H,28,32)/t21-/m1/s1. The van der Waals surface area contributed by atoms with E-state index in [4.69, 9.17) is 4.74 Å². The van der Waals surface area contributed by atoms with Crippen LogP contribution in [0.15, 0.2) is 83.8 Å². The summed E-state index contributed by atoms with van der Waals surface area (Å²) in [6, 6.07) is 21.2. The van der Waals surface area contributed by atoms with E-state index in [1.54, 1.807) is 68.6 Å². The van der Waals surface area contributed by atoms with Gasteiger partial charge in [0.25, 0.3) is 10.0 Å². The van der Waals surface area contributed by atoms with Crippen LogP contribution in [0.1, 0.15) is 18.1 Å². The highest BCUT2D eigenvalue weighted by Gasteiger charge is 2.32. The molecule has 3 aromatic carbocycles. The molecule has 2 amide bonds. The van der Waals surface area contributed by atoms with Gasteiger partial charge in [-0.1, -0.05) is 42.5 Å². The van der Waals surface area contributed by atoms with Crippen molar-refractivity contribution in [1.29, 1.82) is 0 Å². The van der Waals surface area contributed by atoms with Gasteiger partial charge in [-0.25, -0.2) is 8.42 Å². The van der Waals surface area contributed by atoms with E-state index in [2.05, 4.69) is 5.32 Å². The molecule has 0 heterocycles. The number of benzene rings is 3. The number of carbonyl (C=O) groups excluding carboxylic acids is 2. The van der Waals surface area contributed by atoms with E-state index < -0.39 is 28.5 Å². The molecule has 0 aliphatic heterocycles. The Labute approximate surface area is 212 Å². The fraction of sp³-hybridized carbons (Fsp3) is 0.259. The molecule has 3 aromatic rings.